The molecule has 0 fully saturated rings. The summed E-state index contributed by atoms with van der Waals surface area (Å²) in [6.45, 7) is 2.93. The molecule has 0 aliphatic rings. The van der Waals surface area contributed by atoms with Crippen LogP contribution in [0.3, 0.4) is 0 Å². The van der Waals surface area contributed by atoms with Gasteiger partial charge in [0.1, 0.15) is 4.90 Å². The van der Waals surface area contributed by atoms with Gasteiger partial charge >= 0.3 is 0 Å². The number of nitrogen functional groups attached to an aromatic ring is 1. The highest BCUT2D eigenvalue weighted by Gasteiger charge is 2.33. The second-order valence-corrected chi connectivity index (χ2v) is 6.30. The number of hydrogen-bond acceptors (Lipinski definition) is 7. The Morgan fingerprint density at radius 1 is 1.44 bits per heavy atom. The summed E-state index contributed by atoms with van der Waals surface area (Å²) in [6, 6.07) is 0. The van der Waals surface area contributed by atoms with E-state index in [1.807, 2.05) is 0 Å². The molecule has 102 valence electrons. The van der Waals surface area contributed by atoms with Crippen LogP contribution in [0, 0.1) is 0 Å². The molecule has 0 atom stereocenters. The van der Waals surface area contributed by atoms with Crippen molar-refractivity contribution >= 4 is 16.0 Å². The lowest BCUT2D eigenvalue weighted by atomic mass is 10.1. The largest absolute Gasteiger partial charge is 0.394 e. The van der Waals surface area contributed by atoms with Gasteiger partial charge in [0.25, 0.3) is 0 Å². The SMILES string of the molecule is CN(C(C)(C)CO)S(=O)(=O)c1cnc(NN)nc1. The van der Waals surface area contributed by atoms with Crippen molar-refractivity contribution in [1.29, 1.82) is 0 Å². The molecule has 4 N–H and O–H groups in total. The minimum Gasteiger partial charge on any atom is -0.394 e. The van der Waals surface area contributed by atoms with Gasteiger partial charge in [-0.1, -0.05) is 0 Å². The zero-order chi connectivity index (χ0) is 14.0. The third kappa shape index (κ3) is 2.75. The van der Waals surface area contributed by atoms with Gasteiger partial charge < -0.3 is 5.11 Å². The molecule has 0 saturated carbocycles. The average Bonchev–Trinajstić information content (AvgIpc) is 2.37. The second-order valence-electron chi connectivity index (χ2n) is 4.33. The summed E-state index contributed by atoms with van der Waals surface area (Å²) in [5, 5.41) is 9.19. The van der Waals surface area contributed by atoms with Gasteiger partial charge in [-0.05, 0) is 13.8 Å². The number of nitrogens with zero attached hydrogens (tertiary/aromatic N) is 3. The summed E-state index contributed by atoms with van der Waals surface area (Å²) in [5.74, 6) is 5.21. The summed E-state index contributed by atoms with van der Waals surface area (Å²) >= 11 is 0. The van der Waals surface area contributed by atoms with Gasteiger partial charge in [0.2, 0.25) is 16.0 Å². The number of aliphatic hydroxyl groups is 1. The summed E-state index contributed by atoms with van der Waals surface area (Å²) in [4.78, 5) is 7.41. The molecule has 1 heterocycles. The van der Waals surface area contributed by atoms with Crippen LogP contribution in [0.15, 0.2) is 17.3 Å². The van der Waals surface area contributed by atoms with E-state index in [4.69, 9.17) is 5.84 Å². The molecule has 1 aromatic rings. The van der Waals surface area contributed by atoms with Gasteiger partial charge in [-0.25, -0.2) is 24.2 Å². The van der Waals surface area contributed by atoms with Crippen molar-refractivity contribution < 1.29 is 13.5 Å². The fourth-order valence-corrected chi connectivity index (χ4v) is 2.50. The van der Waals surface area contributed by atoms with E-state index in [0.29, 0.717) is 0 Å². The van der Waals surface area contributed by atoms with E-state index in [-0.39, 0.29) is 17.5 Å². The van der Waals surface area contributed by atoms with Gasteiger partial charge in [-0.15, -0.1) is 0 Å². The normalized spacial score (nSPS) is 12.8. The maximum Gasteiger partial charge on any atom is 0.246 e. The molecule has 0 spiro atoms. The molecular weight excluding hydrogens is 258 g/mol. The smallest absolute Gasteiger partial charge is 0.246 e. The van der Waals surface area contributed by atoms with Crippen molar-refractivity contribution in [3.05, 3.63) is 12.4 Å². The lowest BCUT2D eigenvalue weighted by Gasteiger charge is -2.32. The summed E-state index contributed by atoms with van der Waals surface area (Å²) < 4.78 is 25.5. The first-order valence-electron chi connectivity index (χ1n) is 5.14. The standard InChI is InChI=1S/C9H17N5O3S/c1-9(2,6-15)14(3)18(16,17)7-4-11-8(13-10)12-5-7/h4-5,15H,6,10H2,1-3H3,(H,11,12,13). The second kappa shape index (κ2) is 5.14. The van der Waals surface area contributed by atoms with Gasteiger partial charge in [0, 0.05) is 7.05 Å². The monoisotopic (exact) mass is 275 g/mol. The zero-order valence-electron chi connectivity index (χ0n) is 10.5. The lowest BCUT2D eigenvalue weighted by Crippen LogP contribution is -2.47. The Morgan fingerprint density at radius 2 is 1.94 bits per heavy atom. The van der Waals surface area contributed by atoms with Crippen LogP contribution in [-0.2, 0) is 10.0 Å². The number of hydrogen-bond donors (Lipinski definition) is 3. The number of anilines is 1. The fourth-order valence-electron chi connectivity index (χ4n) is 1.11. The molecule has 18 heavy (non-hydrogen) atoms. The number of sulfonamides is 1. The lowest BCUT2D eigenvalue weighted by molar-refractivity contribution is 0.138. The molecule has 0 aromatic carbocycles. The van der Waals surface area contributed by atoms with Crippen LogP contribution in [0.25, 0.3) is 0 Å². The molecule has 1 aromatic heterocycles. The average molecular weight is 275 g/mol. The Labute approximate surface area is 106 Å². The molecule has 9 heteroatoms. The summed E-state index contributed by atoms with van der Waals surface area (Å²) in [6.07, 6.45) is 2.31. The van der Waals surface area contributed by atoms with Crippen molar-refractivity contribution in [2.75, 3.05) is 19.1 Å². The number of likely N-dealkylation sites (N-methyl/N-ethyl adjacent to an activating group) is 1. The van der Waals surface area contributed by atoms with Gasteiger partial charge in [0.15, 0.2) is 0 Å². The Hall–Kier alpha value is -1.29. The van der Waals surface area contributed by atoms with Crippen molar-refractivity contribution in [2.24, 2.45) is 5.84 Å². The van der Waals surface area contributed by atoms with E-state index in [1.165, 1.54) is 7.05 Å². The molecular formula is C9H17N5O3S. The van der Waals surface area contributed by atoms with Gasteiger partial charge in [-0.3, -0.25) is 5.43 Å². The van der Waals surface area contributed by atoms with E-state index < -0.39 is 15.6 Å². The Kier molecular flexibility index (Phi) is 4.22. The third-order valence-electron chi connectivity index (χ3n) is 2.66. The molecule has 0 radical (unpaired) electrons. The van der Waals surface area contributed by atoms with Crippen LogP contribution in [0.4, 0.5) is 5.95 Å². The highest BCUT2D eigenvalue weighted by Crippen LogP contribution is 2.21. The van der Waals surface area contributed by atoms with Crippen molar-refractivity contribution in [3.8, 4) is 0 Å². The summed E-state index contributed by atoms with van der Waals surface area (Å²) in [7, 11) is -2.36. The van der Waals surface area contributed by atoms with E-state index in [9.17, 15) is 13.5 Å². The maximum absolute atomic E-state index is 12.2. The summed E-state index contributed by atoms with van der Waals surface area (Å²) in [5.41, 5.74) is 1.29. The molecule has 0 amide bonds. The first-order chi connectivity index (χ1) is 8.25. The minimum absolute atomic E-state index is 0.0643. The van der Waals surface area contributed by atoms with Crippen molar-refractivity contribution in [1.82, 2.24) is 14.3 Å². The van der Waals surface area contributed by atoms with E-state index in [2.05, 4.69) is 15.4 Å². The molecule has 0 aliphatic carbocycles. The van der Waals surface area contributed by atoms with E-state index >= 15 is 0 Å². The first kappa shape index (κ1) is 14.8. The van der Waals surface area contributed by atoms with Crippen LogP contribution in [0.5, 0.6) is 0 Å². The molecule has 1 rings (SSSR count). The number of hydrazine groups is 1. The van der Waals surface area contributed by atoms with Gasteiger partial charge in [-0.2, -0.15) is 4.31 Å². The highest BCUT2D eigenvalue weighted by molar-refractivity contribution is 7.89. The van der Waals surface area contributed by atoms with Crippen LogP contribution in [0.1, 0.15) is 13.8 Å². The van der Waals surface area contributed by atoms with Crippen molar-refractivity contribution in [3.63, 3.8) is 0 Å². The molecule has 0 aliphatic heterocycles. The molecule has 0 bridgehead atoms. The number of aliphatic hydroxyl groups excluding tert-OH is 1. The Balaban J connectivity index is 3.13. The number of rotatable bonds is 5. The van der Waals surface area contributed by atoms with Crippen molar-refractivity contribution in [2.45, 2.75) is 24.3 Å². The number of aromatic nitrogens is 2. The maximum atomic E-state index is 12.2. The van der Waals surface area contributed by atoms with Crippen LogP contribution < -0.4 is 11.3 Å². The quantitative estimate of drug-likeness (QED) is 0.473. The molecule has 0 unspecified atom stereocenters. The van der Waals surface area contributed by atoms with Crippen LogP contribution >= 0.6 is 0 Å². The van der Waals surface area contributed by atoms with E-state index in [0.717, 1.165) is 16.7 Å². The molecule has 8 nitrogen and oxygen atoms in total. The first-order valence-corrected chi connectivity index (χ1v) is 6.58. The third-order valence-corrected chi connectivity index (χ3v) is 4.68. The van der Waals surface area contributed by atoms with Gasteiger partial charge in [0.05, 0.1) is 24.5 Å². The van der Waals surface area contributed by atoms with Crippen LogP contribution in [0.2, 0.25) is 0 Å². The Bertz CT molecular complexity index is 499. The topological polar surface area (TPSA) is 121 Å². The highest BCUT2D eigenvalue weighted by atomic mass is 32.2. The van der Waals surface area contributed by atoms with E-state index in [1.54, 1.807) is 13.8 Å². The predicted octanol–water partition coefficient (Wildman–Crippen LogP) is -0.846. The van der Waals surface area contributed by atoms with Crippen LogP contribution in [-0.4, -0.2) is 47.0 Å². The Morgan fingerprint density at radius 3 is 2.33 bits per heavy atom. The number of nitrogens with two attached hydrogens (primary N) is 1. The number of nitrogens with one attached hydrogen (secondary N) is 1. The zero-order valence-corrected chi connectivity index (χ0v) is 11.3. The molecule has 0 saturated heterocycles. The minimum atomic E-state index is -3.75. The predicted molar refractivity (Wildman–Crippen MR) is 66.0 cm³/mol. The fraction of sp³-hybridized carbons (Fsp3) is 0.556.